The number of carbonyl (C=O) groups excluding carboxylic acids is 2. The first-order valence-electron chi connectivity index (χ1n) is 12.7. The van der Waals surface area contributed by atoms with Crippen molar-refractivity contribution < 1.29 is 38.4 Å². The maximum absolute atomic E-state index is 12.9. The SMILES string of the molecule is [2H]OC[C@H]1O[C@@H](n2cc(C)c(=O)[nH]c2=O)CC1OC(=O)OC(CCOP(C)NCCC=O)c1ccccc1[N+](=O)[O-]. The summed E-state index contributed by atoms with van der Waals surface area (Å²) in [7, 11) is -1.10. The number of nitrogens with one attached hydrogen (secondary N) is 2. The molecule has 40 heavy (non-hydrogen) atoms. The summed E-state index contributed by atoms with van der Waals surface area (Å²) in [6.45, 7) is 3.49. The van der Waals surface area contributed by atoms with Gasteiger partial charge in [0.25, 0.3) is 11.2 Å². The van der Waals surface area contributed by atoms with Gasteiger partial charge in [0, 0.05) is 43.6 Å². The average Bonchev–Trinajstić information content (AvgIpc) is 3.32. The molecule has 1 fully saturated rings. The molecule has 3 rings (SSSR count). The second-order valence-electron chi connectivity index (χ2n) is 8.82. The van der Waals surface area contributed by atoms with Gasteiger partial charge in [-0.15, -0.1) is 0 Å². The van der Waals surface area contributed by atoms with Crippen LogP contribution < -0.4 is 16.3 Å². The van der Waals surface area contributed by atoms with E-state index in [1.54, 1.807) is 12.7 Å². The Morgan fingerprint density at radius 3 is 2.95 bits per heavy atom. The zero-order chi connectivity index (χ0) is 29.9. The Morgan fingerprint density at radius 1 is 1.45 bits per heavy atom. The fourth-order valence-electron chi connectivity index (χ4n) is 4.04. The lowest BCUT2D eigenvalue weighted by molar-refractivity contribution is -0.386. The van der Waals surface area contributed by atoms with Gasteiger partial charge in [0.05, 0.1) is 32.0 Å². The molecule has 3 unspecified atom stereocenters. The number of nitrogens with zero attached hydrogens (tertiary/aromatic N) is 2. The maximum Gasteiger partial charge on any atom is 0.509 e. The number of carbonyl (C=O) groups is 2. The van der Waals surface area contributed by atoms with Crippen molar-refractivity contribution in [3.63, 3.8) is 0 Å². The van der Waals surface area contributed by atoms with Gasteiger partial charge in [0.2, 0.25) is 1.43 Å². The minimum absolute atomic E-state index is 0.0274. The molecule has 0 aliphatic carbocycles. The second-order valence-corrected chi connectivity index (χ2v) is 10.4. The van der Waals surface area contributed by atoms with Gasteiger partial charge in [-0.1, -0.05) is 12.1 Å². The second kappa shape index (κ2) is 14.8. The van der Waals surface area contributed by atoms with Crippen molar-refractivity contribution in [1.82, 2.24) is 14.6 Å². The summed E-state index contributed by atoms with van der Waals surface area (Å²) < 4.78 is 30.7. The van der Waals surface area contributed by atoms with Gasteiger partial charge < -0.3 is 28.6 Å². The number of para-hydroxylation sites is 1. The third-order valence-electron chi connectivity index (χ3n) is 6.03. The fourth-order valence-corrected chi connectivity index (χ4v) is 4.95. The van der Waals surface area contributed by atoms with Gasteiger partial charge >= 0.3 is 11.8 Å². The van der Waals surface area contributed by atoms with Gasteiger partial charge in [0.1, 0.15) is 30.8 Å². The lowest BCUT2D eigenvalue weighted by Crippen LogP contribution is -2.33. The summed E-state index contributed by atoms with van der Waals surface area (Å²) in [6.07, 6.45) is -2.74. The summed E-state index contributed by atoms with van der Waals surface area (Å²) in [4.78, 5) is 60.7. The number of aryl methyl sites for hydroxylation is 1. The van der Waals surface area contributed by atoms with E-state index in [2.05, 4.69) is 15.2 Å². The molecule has 0 amide bonds. The monoisotopic (exact) mass is 583 g/mol. The first-order chi connectivity index (χ1) is 19.6. The average molecular weight is 584 g/mol. The smallest absolute Gasteiger partial charge is 0.428 e. The highest BCUT2D eigenvalue weighted by molar-refractivity contribution is 7.49. The van der Waals surface area contributed by atoms with Crippen molar-refractivity contribution in [3.8, 4) is 0 Å². The van der Waals surface area contributed by atoms with E-state index in [-0.39, 0.29) is 42.9 Å². The lowest BCUT2D eigenvalue weighted by Gasteiger charge is -2.22. The van der Waals surface area contributed by atoms with Gasteiger partial charge in [-0.3, -0.25) is 29.5 Å². The fraction of sp³-hybridized carbons (Fsp3) is 0.500. The molecule has 0 saturated carbocycles. The van der Waals surface area contributed by atoms with E-state index in [1.807, 2.05) is 0 Å². The van der Waals surface area contributed by atoms with Crippen molar-refractivity contribution in [2.75, 3.05) is 26.4 Å². The normalized spacial score (nSPS) is 20.4. The minimum Gasteiger partial charge on any atom is -0.428 e. The predicted octanol–water partition coefficient (Wildman–Crippen LogP) is 1.82. The summed E-state index contributed by atoms with van der Waals surface area (Å²) in [5.41, 5.74) is -1.15. The number of aliphatic hydroxyl groups is 1. The molecule has 1 aliphatic heterocycles. The predicted molar refractivity (Wildman–Crippen MR) is 141 cm³/mol. The van der Waals surface area contributed by atoms with Crippen molar-refractivity contribution in [2.45, 2.75) is 50.7 Å². The number of aliphatic hydroxyl groups excluding tert-OH is 1. The number of hydrogen-bond acceptors (Lipinski definition) is 12. The molecule has 3 N–H and O–H groups in total. The van der Waals surface area contributed by atoms with Gasteiger partial charge in [-0.2, -0.15) is 0 Å². The van der Waals surface area contributed by atoms with Crippen LogP contribution in [0.1, 0.15) is 42.7 Å². The van der Waals surface area contributed by atoms with E-state index in [0.717, 1.165) is 10.9 Å². The summed E-state index contributed by atoms with van der Waals surface area (Å²) in [5.74, 6) is 0. The quantitative estimate of drug-likeness (QED) is 0.0687. The van der Waals surface area contributed by atoms with Crippen LogP contribution >= 0.6 is 8.30 Å². The van der Waals surface area contributed by atoms with E-state index < -0.39 is 55.2 Å². The topological polar surface area (TPSA) is 201 Å². The molecule has 0 bridgehead atoms. The summed E-state index contributed by atoms with van der Waals surface area (Å²) in [6, 6.07) is 5.80. The molecule has 2 heterocycles. The van der Waals surface area contributed by atoms with Crippen LogP contribution in [0.25, 0.3) is 0 Å². The molecule has 0 radical (unpaired) electrons. The zero-order valence-corrected chi connectivity index (χ0v) is 22.7. The molecule has 15 nitrogen and oxygen atoms in total. The Labute approximate surface area is 230 Å². The number of aldehydes is 1. The molecule has 218 valence electrons. The first-order valence-corrected chi connectivity index (χ1v) is 14.0. The van der Waals surface area contributed by atoms with Crippen molar-refractivity contribution in [3.05, 3.63) is 72.5 Å². The van der Waals surface area contributed by atoms with Crippen molar-refractivity contribution in [1.29, 1.82) is 1.43 Å². The van der Waals surface area contributed by atoms with Crippen LogP contribution in [0.15, 0.2) is 40.1 Å². The molecule has 2 aromatic rings. The number of nitro benzene ring substituents is 1. The molecule has 1 saturated heterocycles. The highest BCUT2D eigenvalue weighted by atomic mass is 31.2. The van der Waals surface area contributed by atoms with Crippen LogP contribution in [0.3, 0.4) is 0 Å². The Balaban J connectivity index is 1.73. The summed E-state index contributed by atoms with van der Waals surface area (Å²) in [5, 5.41) is 19.1. The third kappa shape index (κ3) is 8.26. The number of H-pyrrole nitrogens is 1. The van der Waals surface area contributed by atoms with Crippen molar-refractivity contribution in [2.24, 2.45) is 0 Å². The van der Waals surface area contributed by atoms with Crippen LogP contribution in [0.2, 0.25) is 0 Å². The standard InChI is InChI=1S/C24H31N4O11P/c1-15-13-27(23(32)26-22(15)31)21-12-19(20(14-30)37-21)39-24(33)38-18(8-11-36-40(2)25-9-5-10-29)16-6-3-4-7-17(16)28(34)35/h3-4,6-7,10,13,18-21,25,30H,5,8-9,11-12,14H2,1-2H3,(H,26,31,32)/t18?,19?,20-,21-,40?/m1/s1/i30D. The maximum atomic E-state index is 12.9. The number of rotatable bonds is 15. The van der Waals surface area contributed by atoms with Gasteiger partial charge in [-0.25, -0.2) is 9.59 Å². The number of aromatic amines is 1. The number of aromatic nitrogens is 2. The van der Waals surface area contributed by atoms with Crippen LogP contribution in [0.4, 0.5) is 10.5 Å². The zero-order valence-electron chi connectivity index (χ0n) is 22.8. The number of ether oxygens (including phenoxy) is 3. The van der Waals surface area contributed by atoms with Crippen molar-refractivity contribution >= 4 is 26.4 Å². The Kier molecular flexibility index (Phi) is 10.9. The lowest BCUT2D eigenvalue weighted by atomic mass is 10.0. The highest BCUT2D eigenvalue weighted by Crippen LogP contribution is 2.34. The highest BCUT2D eigenvalue weighted by Gasteiger charge is 2.40. The number of hydrogen-bond donors (Lipinski definition) is 3. The molecular weight excluding hydrogens is 551 g/mol. The summed E-state index contributed by atoms with van der Waals surface area (Å²) >= 11 is 0. The van der Waals surface area contributed by atoms with Gasteiger partial charge in [-0.05, 0) is 19.7 Å². The largest absolute Gasteiger partial charge is 0.509 e. The minimum atomic E-state index is -1.16. The number of benzene rings is 1. The molecular formula is C24H31N4O11P. The first kappa shape index (κ1) is 29.5. The Hall–Kier alpha value is -3.49. The van der Waals surface area contributed by atoms with Crippen LogP contribution in [0, 0.1) is 17.0 Å². The molecule has 16 heteroatoms. The number of nitro groups is 1. The van der Waals surface area contributed by atoms with Gasteiger partial charge in [0.15, 0.2) is 0 Å². The molecule has 0 spiro atoms. The van der Waals surface area contributed by atoms with E-state index in [1.165, 1.54) is 31.3 Å². The Morgan fingerprint density at radius 2 is 2.23 bits per heavy atom. The molecule has 1 aliphatic rings. The molecule has 1 aromatic carbocycles. The van der Waals surface area contributed by atoms with E-state index in [4.69, 9.17) is 20.2 Å². The molecule has 1 aromatic heterocycles. The van der Waals surface area contributed by atoms with E-state index in [0.29, 0.717) is 13.0 Å². The third-order valence-corrected chi connectivity index (χ3v) is 7.27. The Bertz CT molecular complexity index is 1320. The molecule has 5 atom stereocenters. The van der Waals surface area contributed by atoms with Crippen LogP contribution in [-0.4, -0.2) is 72.1 Å². The van der Waals surface area contributed by atoms with Crippen LogP contribution in [0.5, 0.6) is 0 Å². The van der Waals surface area contributed by atoms with E-state index in [9.17, 15) is 29.3 Å². The van der Waals surface area contributed by atoms with Crippen LogP contribution in [-0.2, 0) is 23.5 Å². The van der Waals surface area contributed by atoms with E-state index >= 15 is 0 Å².